The fraction of sp³-hybridized carbons (Fsp3) is 0.400. The summed E-state index contributed by atoms with van der Waals surface area (Å²) in [6.07, 6.45) is 1.87. The molecule has 6 nitrogen and oxygen atoms in total. The van der Waals surface area contributed by atoms with Crippen LogP contribution in [0.25, 0.3) is 0 Å². The van der Waals surface area contributed by atoms with Crippen LogP contribution in [-0.2, 0) is 16.0 Å². The van der Waals surface area contributed by atoms with E-state index in [1.165, 1.54) is 0 Å². The molecule has 110 valence electrons. The summed E-state index contributed by atoms with van der Waals surface area (Å²) in [4.78, 5) is 35.0. The number of hydrogen-bond donors (Lipinski definition) is 3. The number of carboxylic acid groups (broad SMARTS) is 1. The normalized spacial score (nSPS) is 19.4. The second-order valence-electron chi connectivity index (χ2n) is 5.83. The van der Waals surface area contributed by atoms with Gasteiger partial charge >= 0.3 is 5.97 Å². The van der Waals surface area contributed by atoms with Gasteiger partial charge in [-0.3, -0.25) is 9.59 Å². The molecule has 1 fully saturated rings. The van der Waals surface area contributed by atoms with Crippen molar-refractivity contribution in [3.05, 3.63) is 29.3 Å². The Hall–Kier alpha value is -2.37. The highest BCUT2D eigenvalue weighted by molar-refractivity contribution is 6.02. The van der Waals surface area contributed by atoms with Crippen LogP contribution in [0.3, 0.4) is 0 Å². The summed E-state index contributed by atoms with van der Waals surface area (Å²) < 4.78 is 0. The SMILES string of the molecule is CC(NC(=O)c1ccc2c(c1)CC(=O)N2)(C(=O)O)C1CC1. The summed E-state index contributed by atoms with van der Waals surface area (Å²) in [5.41, 5.74) is 0.610. The third-order valence-electron chi connectivity index (χ3n) is 4.20. The lowest BCUT2D eigenvalue weighted by Crippen LogP contribution is -2.54. The van der Waals surface area contributed by atoms with E-state index in [1.807, 2.05) is 0 Å². The van der Waals surface area contributed by atoms with Gasteiger partial charge in [-0.15, -0.1) is 0 Å². The van der Waals surface area contributed by atoms with Crippen LogP contribution < -0.4 is 10.6 Å². The maximum Gasteiger partial charge on any atom is 0.329 e. The van der Waals surface area contributed by atoms with Crippen molar-refractivity contribution in [2.75, 3.05) is 5.32 Å². The zero-order valence-corrected chi connectivity index (χ0v) is 11.6. The summed E-state index contributed by atoms with van der Waals surface area (Å²) in [7, 11) is 0. The van der Waals surface area contributed by atoms with E-state index in [9.17, 15) is 19.5 Å². The Kier molecular flexibility index (Phi) is 2.97. The van der Waals surface area contributed by atoms with Gasteiger partial charge in [0.2, 0.25) is 5.91 Å². The molecule has 1 aliphatic heterocycles. The minimum Gasteiger partial charge on any atom is -0.480 e. The van der Waals surface area contributed by atoms with Crippen molar-refractivity contribution in [2.45, 2.75) is 31.7 Å². The van der Waals surface area contributed by atoms with Crippen molar-refractivity contribution in [3.8, 4) is 0 Å². The standard InChI is InChI=1S/C15H16N2O4/c1-15(14(20)21,10-3-4-10)17-13(19)8-2-5-11-9(6-8)7-12(18)16-11/h2,5-6,10H,3-4,7H2,1H3,(H,16,18)(H,17,19)(H,20,21). The predicted molar refractivity (Wildman–Crippen MR) is 75.0 cm³/mol. The molecule has 1 saturated carbocycles. The summed E-state index contributed by atoms with van der Waals surface area (Å²) in [6, 6.07) is 4.90. The van der Waals surface area contributed by atoms with Crippen molar-refractivity contribution in [1.82, 2.24) is 5.32 Å². The van der Waals surface area contributed by atoms with Crippen LogP contribution in [0, 0.1) is 5.92 Å². The fourth-order valence-corrected chi connectivity index (χ4v) is 2.67. The molecule has 0 saturated heterocycles. The van der Waals surface area contributed by atoms with Gasteiger partial charge in [0.1, 0.15) is 5.54 Å². The first-order valence-electron chi connectivity index (χ1n) is 6.89. The molecule has 0 spiro atoms. The van der Waals surface area contributed by atoms with Crippen LogP contribution in [0.2, 0.25) is 0 Å². The highest BCUT2D eigenvalue weighted by Crippen LogP contribution is 2.40. The summed E-state index contributed by atoms with van der Waals surface area (Å²) >= 11 is 0. The fourth-order valence-electron chi connectivity index (χ4n) is 2.67. The topological polar surface area (TPSA) is 95.5 Å². The molecule has 3 N–H and O–H groups in total. The molecule has 1 heterocycles. The Labute approximate surface area is 121 Å². The van der Waals surface area contributed by atoms with E-state index in [4.69, 9.17) is 0 Å². The first-order valence-corrected chi connectivity index (χ1v) is 6.89. The third-order valence-corrected chi connectivity index (χ3v) is 4.20. The third kappa shape index (κ3) is 2.37. The maximum atomic E-state index is 12.3. The largest absolute Gasteiger partial charge is 0.480 e. The Morgan fingerprint density at radius 1 is 1.38 bits per heavy atom. The van der Waals surface area contributed by atoms with Crippen molar-refractivity contribution in [1.29, 1.82) is 0 Å². The average molecular weight is 288 g/mol. The second-order valence-corrected chi connectivity index (χ2v) is 5.83. The number of benzene rings is 1. The van der Waals surface area contributed by atoms with E-state index in [1.54, 1.807) is 25.1 Å². The molecular weight excluding hydrogens is 272 g/mol. The van der Waals surface area contributed by atoms with E-state index in [0.717, 1.165) is 18.4 Å². The average Bonchev–Trinajstić information content (AvgIpc) is 3.20. The Balaban J connectivity index is 1.81. The molecule has 0 bridgehead atoms. The quantitative estimate of drug-likeness (QED) is 0.774. The number of carbonyl (C=O) groups excluding carboxylic acids is 2. The van der Waals surface area contributed by atoms with Gasteiger partial charge in [0.05, 0.1) is 6.42 Å². The molecule has 0 radical (unpaired) electrons. The van der Waals surface area contributed by atoms with Crippen LogP contribution in [0.15, 0.2) is 18.2 Å². The molecule has 2 aliphatic rings. The number of carbonyl (C=O) groups is 3. The Morgan fingerprint density at radius 2 is 2.10 bits per heavy atom. The first kappa shape index (κ1) is 13.6. The highest BCUT2D eigenvalue weighted by Gasteiger charge is 2.48. The zero-order valence-electron chi connectivity index (χ0n) is 11.6. The van der Waals surface area contributed by atoms with Crippen molar-refractivity contribution in [3.63, 3.8) is 0 Å². The van der Waals surface area contributed by atoms with E-state index < -0.39 is 17.4 Å². The monoisotopic (exact) mass is 288 g/mol. The maximum absolute atomic E-state index is 12.3. The van der Waals surface area contributed by atoms with Crippen LogP contribution in [0.5, 0.6) is 0 Å². The van der Waals surface area contributed by atoms with Crippen LogP contribution in [0.1, 0.15) is 35.7 Å². The van der Waals surface area contributed by atoms with Crippen molar-refractivity contribution >= 4 is 23.5 Å². The molecule has 0 aromatic heterocycles. The number of hydrogen-bond acceptors (Lipinski definition) is 3. The number of amides is 2. The van der Waals surface area contributed by atoms with Gasteiger partial charge in [-0.1, -0.05) is 0 Å². The van der Waals surface area contributed by atoms with E-state index in [-0.39, 0.29) is 18.2 Å². The predicted octanol–water partition coefficient (Wildman–Crippen LogP) is 1.16. The smallest absolute Gasteiger partial charge is 0.329 e. The van der Waals surface area contributed by atoms with Crippen molar-refractivity contribution in [2.24, 2.45) is 5.92 Å². The summed E-state index contributed by atoms with van der Waals surface area (Å²) in [6.45, 7) is 1.54. The Bertz CT molecular complexity index is 651. The minimum atomic E-state index is -1.23. The molecule has 1 aromatic rings. The minimum absolute atomic E-state index is 0.0170. The van der Waals surface area contributed by atoms with Crippen molar-refractivity contribution < 1.29 is 19.5 Å². The van der Waals surface area contributed by atoms with Gasteiger partial charge in [0, 0.05) is 11.3 Å². The number of nitrogens with one attached hydrogen (secondary N) is 2. The molecule has 6 heteroatoms. The molecule has 21 heavy (non-hydrogen) atoms. The van der Waals surface area contributed by atoms with E-state index in [0.29, 0.717) is 11.3 Å². The lowest BCUT2D eigenvalue weighted by Gasteiger charge is -2.26. The molecule has 1 aromatic carbocycles. The van der Waals surface area contributed by atoms with Gasteiger partial charge in [-0.05, 0) is 49.4 Å². The zero-order chi connectivity index (χ0) is 15.2. The molecule has 1 atom stereocenters. The lowest BCUT2D eigenvalue weighted by molar-refractivity contribution is -0.144. The molecular formula is C15H16N2O4. The number of aliphatic carboxylic acids is 1. The molecule has 2 amide bonds. The van der Waals surface area contributed by atoms with Gasteiger partial charge in [-0.2, -0.15) is 0 Å². The number of rotatable bonds is 4. The summed E-state index contributed by atoms with van der Waals surface area (Å²) in [5, 5.41) is 14.7. The molecule has 3 rings (SSSR count). The highest BCUT2D eigenvalue weighted by atomic mass is 16.4. The van der Waals surface area contributed by atoms with Crippen LogP contribution >= 0.6 is 0 Å². The number of carboxylic acids is 1. The number of anilines is 1. The second kappa shape index (κ2) is 4.58. The Morgan fingerprint density at radius 3 is 2.71 bits per heavy atom. The van der Waals surface area contributed by atoms with Crippen LogP contribution in [-0.4, -0.2) is 28.4 Å². The van der Waals surface area contributed by atoms with Gasteiger partial charge in [0.25, 0.3) is 5.91 Å². The van der Waals surface area contributed by atoms with E-state index in [2.05, 4.69) is 10.6 Å². The number of fused-ring (bicyclic) bond motifs is 1. The lowest BCUT2D eigenvalue weighted by atomic mass is 9.95. The van der Waals surface area contributed by atoms with Gasteiger partial charge in [0.15, 0.2) is 0 Å². The first-order chi connectivity index (χ1) is 9.90. The summed E-state index contributed by atoms with van der Waals surface area (Å²) in [5.74, 6) is -1.56. The van der Waals surface area contributed by atoms with Crippen LogP contribution in [0.4, 0.5) is 5.69 Å². The molecule has 1 unspecified atom stereocenters. The molecule has 1 aliphatic carbocycles. The van der Waals surface area contributed by atoms with Gasteiger partial charge in [-0.25, -0.2) is 4.79 Å². The van der Waals surface area contributed by atoms with E-state index >= 15 is 0 Å². The van der Waals surface area contributed by atoms with Gasteiger partial charge < -0.3 is 15.7 Å².